The quantitative estimate of drug-likeness (QED) is 0.462. The molecule has 2 heterocycles. The molecule has 0 fully saturated rings. The zero-order chi connectivity index (χ0) is 12.3. The molecule has 1 N–H and O–H groups in total. The Morgan fingerprint density at radius 2 is 2.22 bits per heavy atom. The second kappa shape index (κ2) is 6.75. The molecule has 4 nitrogen and oxygen atoms in total. The van der Waals surface area contributed by atoms with Crippen molar-refractivity contribution in [1.82, 2.24) is 9.97 Å². The van der Waals surface area contributed by atoms with Crippen LogP contribution in [0.25, 0.3) is 11.1 Å². The number of carbonyl (C=O) groups excluding carboxylic acids is 1. The van der Waals surface area contributed by atoms with Crippen molar-refractivity contribution in [3.05, 3.63) is 41.4 Å². The van der Waals surface area contributed by atoms with Gasteiger partial charge in [0.05, 0.1) is 6.61 Å². The average molecular weight is 378 g/mol. The van der Waals surface area contributed by atoms with E-state index in [4.69, 9.17) is 16.3 Å². The maximum Gasteiger partial charge on any atom is 0.354 e. The lowest BCUT2D eigenvalue weighted by molar-refractivity contribution is -0.0000214. The summed E-state index contributed by atoms with van der Waals surface area (Å²) >= 11 is 5.80. The molecule has 0 radical (unpaired) electrons. The van der Waals surface area contributed by atoms with Crippen molar-refractivity contribution >= 4 is 17.6 Å². The van der Waals surface area contributed by atoms with Gasteiger partial charge in [-0.1, -0.05) is 11.6 Å². The second-order valence-corrected chi connectivity index (χ2v) is 3.78. The van der Waals surface area contributed by atoms with Crippen LogP contribution in [0.2, 0.25) is 5.15 Å². The summed E-state index contributed by atoms with van der Waals surface area (Å²) in [6, 6.07) is 5.29. The molecule has 0 aliphatic rings. The number of hydrogen-bond donors (Lipinski definition) is 1. The summed E-state index contributed by atoms with van der Waals surface area (Å²) in [4.78, 5) is 18.2. The molecule has 2 aromatic heterocycles. The highest BCUT2D eigenvalue weighted by Gasteiger charge is 2.10. The number of aromatic amines is 1. The number of hydrogen-bond acceptors (Lipinski definition) is 3. The molecule has 96 valence electrons. The van der Waals surface area contributed by atoms with E-state index in [-0.39, 0.29) is 29.9 Å². The number of nitrogens with one attached hydrogen (secondary N) is 1. The van der Waals surface area contributed by atoms with Gasteiger partial charge in [-0.15, -0.1) is 0 Å². The zero-order valence-electron chi connectivity index (χ0n) is 9.61. The van der Waals surface area contributed by atoms with Gasteiger partial charge in [-0.05, 0) is 30.7 Å². The number of H-pyrrole nitrogens is 1. The van der Waals surface area contributed by atoms with Crippen molar-refractivity contribution in [1.29, 1.82) is 0 Å². The summed E-state index contributed by atoms with van der Waals surface area (Å²) in [5.41, 5.74) is 2.20. The van der Waals surface area contributed by atoms with E-state index in [2.05, 4.69) is 9.97 Å². The van der Waals surface area contributed by atoms with Crippen molar-refractivity contribution in [2.24, 2.45) is 0 Å². The Labute approximate surface area is 127 Å². The molecular weight excluding hydrogens is 367 g/mol. The van der Waals surface area contributed by atoms with Gasteiger partial charge in [-0.25, -0.2) is 9.78 Å². The van der Waals surface area contributed by atoms with Gasteiger partial charge in [-0.3, -0.25) is 0 Å². The summed E-state index contributed by atoms with van der Waals surface area (Å²) in [6.07, 6.45) is 3.35. The third kappa shape index (κ3) is 3.46. The van der Waals surface area contributed by atoms with E-state index in [0.29, 0.717) is 17.5 Å². The average Bonchev–Trinajstić information content (AvgIpc) is 2.78. The Morgan fingerprint density at radius 3 is 2.89 bits per heavy atom. The molecule has 18 heavy (non-hydrogen) atoms. The molecule has 2 rings (SSSR count). The minimum atomic E-state index is -0.362. The third-order valence-electron chi connectivity index (χ3n) is 2.24. The SMILES string of the molecule is CCOC(=O)c1cc(-c2ccnc(Cl)c2)c[nH]1.[I-]. The summed E-state index contributed by atoms with van der Waals surface area (Å²) in [5.74, 6) is -0.362. The van der Waals surface area contributed by atoms with Gasteiger partial charge in [0.1, 0.15) is 10.8 Å². The smallest absolute Gasteiger partial charge is 0.354 e. The normalized spacial score (nSPS) is 9.67. The van der Waals surface area contributed by atoms with E-state index >= 15 is 0 Å². The van der Waals surface area contributed by atoms with Crippen LogP contribution < -0.4 is 24.0 Å². The van der Waals surface area contributed by atoms with Gasteiger partial charge in [-0.2, -0.15) is 0 Å². The van der Waals surface area contributed by atoms with Crippen LogP contribution in [0.1, 0.15) is 17.4 Å². The van der Waals surface area contributed by atoms with E-state index in [1.165, 1.54) is 0 Å². The van der Waals surface area contributed by atoms with Crippen LogP contribution in [0, 0.1) is 0 Å². The van der Waals surface area contributed by atoms with Crippen LogP contribution in [0.5, 0.6) is 0 Å². The lowest BCUT2D eigenvalue weighted by atomic mass is 10.1. The van der Waals surface area contributed by atoms with Gasteiger partial charge in [0.2, 0.25) is 0 Å². The van der Waals surface area contributed by atoms with Gasteiger partial charge >= 0.3 is 5.97 Å². The number of esters is 1. The van der Waals surface area contributed by atoms with Crippen LogP contribution in [0.15, 0.2) is 30.6 Å². The molecule has 0 amide bonds. The van der Waals surface area contributed by atoms with Crippen molar-refractivity contribution < 1.29 is 33.5 Å². The van der Waals surface area contributed by atoms with Gasteiger partial charge in [0.25, 0.3) is 0 Å². The van der Waals surface area contributed by atoms with Gasteiger partial charge < -0.3 is 33.7 Å². The number of halogens is 2. The van der Waals surface area contributed by atoms with E-state index < -0.39 is 0 Å². The number of carbonyl (C=O) groups is 1. The van der Waals surface area contributed by atoms with Crippen molar-refractivity contribution in [3.63, 3.8) is 0 Å². The molecule has 0 spiro atoms. The van der Waals surface area contributed by atoms with Gasteiger partial charge in [0, 0.05) is 18.0 Å². The summed E-state index contributed by atoms with van der Waals surface area (Å²) in [5, 5.41) is 0.418. The molecule has 0 aromatic carbocycles. The third-order valence-corrected chi connectivity index (χ3v) is 2.44. The van der Waals surface area contributed by atoms with Crippen molar-refractivity contribution in [3.8, 4) is 11.1 Å². The van der Waals surface area contributed by atoms with Crippen LogP contribution in [0.3, 0.4) is 0 Å². The summed E-state index contributed by atoms with van der Waals surface area (Å²) < 4.78 is 4.89. The predicted octanol–water partition coefficient (Wildman–Crippen LogP) is -0.0892. The first kappa shape index (κ1) is 15.0. The molecule has 0 aliphatic heterocycles. The highest BCUT2D eigenvalue weighted by molar-refractivity contribution is 6.29. The lowest BCUT2D eigenvalue weighted by Crippen LogP contribution is -3.00. The van der Waals surface area contributed by atoms with Crippen LogP contribution >= 0.6 is 11.6 Å². The highest BCUT2D eigenvalue weighted by Crippen LogP contribution is 2.22. The highest BCUT2D eigenvalue weighted by atomic mass is 127. The largest absolute Gasteiger partial charge is 1.00 e. The molecule has 0 saturated carbocycles. The van der Waals surface area contributed by atoms with E-state index in [9.17, 15) is 4.79 Å². The number of aromatic nitrogens is 2. The predicted molar refractivity (Wildman–Crippen MR) is 65.0 cm³/mol. The number of pyridine rings is 1. The van der Waals surface area contributed by atoms with E-state index in [0.717, 1.165) is 11.1 Å². The first-order valence-electron chi connectivity index (χ1n) is 5.18. The lowest BCUT2D eigenvalue weighted by Gasteiger charge is -1.98. The molecule has 2 aromatic rings. The molecule has 0 saturated heterocycles. The van der Waals surface area contributed by atoms with Crippen molar-refractivity contribution in [2.45, 2.75) is 6.92 Å². The Kier molecular flexibility index (Phi) is 5.61. The van der Waals surface area contributed by atoms with E-state index in [1.807, 2.05) is 6.07 Å². The summed E-state index contributed by atoms with van der Waals surface area (Å²) in [6.45, 7) is 2.12. The van der Waals surface area contributed by atoms with Crippen LogP contribution in [-0.4, -0.2) is 22.5 Å². The van der Waals surface area contributed by atoms with Gasteiger partial charge in [0.15, 0.2) is 0 Å². The Morgan fingerprint density at radius 1 is 1.44 bits per heavy atom. The molecule has 0 atom stereocenters. The maximum absolute atomic E-state index is 11.5. The fraction of sp³-hybridized carbons (Fsp3) is 0.167. The standard InChI is InChI=1S/C12H11ClN2O2.HI/c1-2-17-12(16)10-5-9(7-15-10)8-3-4-14-11(13)6-8;/h3-7,15H,2H2,1H3;1H/p-1. The monoisotopic (exact) mass is 377 g/mol. The first-order chi connectivity index (χ1) is 8.20. The van der Waals surface area contributed by atoms with Crippen LogP contribution in [0.4, 0.5) is 0 Å². The molecule has 0 aliphatic carbocycles. The van der Waals surface area contributed by atoms with Crippen molar-refractivity contribution in [2.75, 3.05) is 6.61 Å². The molecule has 6 heteroatoms. The Balaban J connectivity index is 0.00000162. The summed E-state index contributed by atoms with van der Waals surface area (Å²) in [7, 11) is 0. The Hall–Kier alpha value is -1.08. The number of rotatable bonds is 3. The van der Waals surface area contributed by atoms with E-state index in [1.54, 1.807) is 31.5 Å². The zero-order valence-corrected chi connectivity index (χ0v) is 12.5. The first-order valence-corrected chi connectivity index (χ1v) is 5.56. The number of ether oxygens (including phenoxy) is 1. The topological polar surface area (TPSA) is 55.0 Å². The Bertz CT molecular complexity index is 542. The second-order valence-electron chi connectivity index (χ2n) is 3.39. The van der Waals surface area contributed by atoms with Crippen LogP contribution in [-0.2, 0) is 4.74 Å². The maximum atomic E-state index is 11.5. The fourth-order valence-corrected chi connectivity index (χ4v) is 1.64. The molecule has 0 bridgehead atoms. The minimum Gasteiger partial charge on any atom is -1.00 e. The minimum absolute atomic E-state index is 0. The molecular formula is C12H11ClIN2O2-. The fourth-order valence-electron chi connectivity index (χ4n) is 1.47. The number of nitrogens with zero attached hydrogens (tertiary/aromatic N) is 1. The molecule has 0 unspecified atom stereocenters.